The van der Waals surface area contributed by atoms with Gasteiger partial charge in [0.15, 0.2) is 9.84 Å². The second-order valence-corrected chi connectivity index (χ2v) is 7.25. The predicted octanol–water partition coefficient (Wildman–Crippen LogP) is 2.87. The zero-order chi connectivity index (χ0) is 18.7. The van der Waals surface area contributed by atoms with Gasteiger partial charge in [0.05, 0.1) is 18.1 Å². The molecule has 0 radical (unpaired) electrons. The molecule has 2 unspecified atom stereocenters. The van der Waals surface area contributed by atoms with Gasteiger partial charge in [0.25, 0.3) is 10.9 Å². The normalized spacial score (nSPS) is 17.6. The molecular weight excluding hydrogens is 359 g/mol. The third-order valence-electron chi connectivity index (χ3n) is 3.29. The van der Waals surface area contributed by atoms with Gasteiger partial charge < -0.3 is 5.73 Å². The van der Waals surface area contributed by atoms with Crippen molar-refractivity contribution in [2.24, 2.45) is 11.7 Å². The molecule has 0 aliphatic carbocycles. The van der Waals surface area contributed by atoms with Crippen LogP contribution in [0.15, 0.2) is 0 Å². The molecule has 0 aliphatic heterocycles. The first-order valence-electron chi connectivity index (χ1n) is 6.41. The first-order chi connectivity index (χ1) is 10.1. The molecule has 12 heteroatoms. The van der Waals surface area contributed by atoms with Crippen molar-refractivity contribution >= 4 is 15.7 Å². The van der Waals surface area contributed by atoms with Gasteiger partial charge in [-0.3, -0.25) is 4.79 Å². The topological polar surface area (TPSA) is 77.2 Å². The second kappa shape index (κ2) is 7.22. The molecule has 0 fully saturated rings. The van der Waals surface area contributed by atoms with E-state index in [0.717, 1.165) is 6.92 Å². The lowest BCUT2D eigenvalue weighted by atomic mass is 9.98. The maximum atomic E-state index is 14.4. The third-order valence-corrected chi connectivity index (χ3v) is 5.42. The highest BCUT2D eigenvalue weighted by atomic mass is 32.2. The van der Waals surface area contributed by atoms with E-state index >= 15 is 0 Å². The van der Waals surface area contributed by atoms with Gasteiger partial charge in [-0.15, -0.1) is 0 Å². The molecule has 138 valence electrons. The van der Waals surface area contributed by atoms with E-state index in [0.29, 0.717) is 0 Å². The Morgan fingerprint density at radius 1 is 1.04 bits per heavy atom. The average Bonchev–Trinajstić information content (AvgIpc) is 2.34. The Bertz CT molecular complexity index is 515. The molecule has 0 aromatic heterocycles. The molecule has 0 saturated carbocycles. The number of primary amides is 1. The fourth-order valence-electron chi connectivity index (χ4n) is 1.80. The molecule has 0 aromatic rings. The van der Waals surface area contributed by atoms with Crippen molar-refractivity contribution in [2.75, 3.05) is 5.75 Å². The SMILES string of the molecule is CCC(CCC(F)(C(N)=O)S(=O)(=O)CCC(F)(F)F)C(F)(F)F. The Morgan fingerprint density at radius 3 is 1.83 bits per heavy atom. The first-order valence-corrected chi connectivity index (χ1v) is 8.06. The minimum Gasteiger partial charge on any atom is -0.366 e. The van der Waals surface area contributed by atoms with E-state index < -0.39 is 70.5 Å². The van der Waals surface area contributed by atoms with E-state index in [-0.39, 0.29) is 0 Å². The number of carbonyl (C=O) groups excluding carboxylic acids is 1. The van der Waals surface area contributed by atoms with Crippen LogP contribution < -0.4 is 5.73 Å². The molecule has 0 aliphatic rings. The number of hydrogen-bond acceptors (Lipinski definition) is 3. The van der Waals surface area contributed by atoms with Crippen molar-refractivity contribution in [3.63, 3.8) is 0 Å². The summed E-state index contributed by atoms with van der Waals surface area (Å²) in [7, 11) is -5.33. The van der Waals surface area contributed by atoms with Crippen LogP contribution >= 0.6 is 0 Å². The van der Waals surface area contributed by atoms with Crippen molar-refractivity contribution in [1.82, 2.24) is 0 Å². The van der Waals surface area contributed by atoms with Crippen molar-refractivity contribution in [1.29, 1.82) is 0 Å². The second-order valence-electron chi connectivity index (χ2n) is 4.96. The Hall–Kier alpha value is -1.07. The summed E-state index contributed by atoms with van der Waals surface area (Å²) >= 11 is 0. The lowest BCUT2D eigenvalue weighted by Gasteiger charge is -2.25. The van der Waals surface area contributed by atoms with E-state index in [1.165, 1.54) is 0 Å². The van der Waals surface area contributed by atoms with Gasteiger partial charge in [-0.1, -0.05) is 6.92 Å². The van der Waals surface area contributed by atoms with Gasteiger partial charge in [-0.2, -0.15) is 26.3 Å². The van der Waals surface area contributed by atoms with Gasteiger partial charge in [-0.25, -0.2) is 12.8 Å². The summed E-state index contributed by atoms with van der Waals surface area (Å²) in [6.07, 6.45) is -14.7. The number of hydrogen-bond donors (Lipinski definition) is 1. The van der Waals surface area contributed by atoms with Crippen LogP contribution in [0, 0.1) is 5.92 Å². The number of nitrogens with two attached hydrogens (primary N) is 1. The Labute approximate surface area is 128 Å². The highest BCUT2D eigenvalue weighted by Gasteiger charge is 2.52. The van der Waals surface area contributed by atoms with Crippen LogP contribution in [0.5, 0.6) is 0 Å². The minimum atomic E-state index is -5.33. The molecule has 0 heterocycles. The number of alkyl halides is 7. The molecule has 23 heavy (non-hydrogen) atoms. The van der Waals surface area contributed by atoms with E-state index in [9.17, 15) is 43.9 Å². The number of rotatable bonds is 8. The van der Waals surface area contributed by atoms with Crippen LogP contribution in [-0.4, -0.2) is 37.4 Å². The molecule has 0 aromatic carbocycles. The number of carbonyl (C=O) groups is 1. The molecule has 0 bridgehead atoms. The van der Waals surface area contributed by atoms with Gasteiger partial charge in [0.1, 0.15) is 0 Å². The average molecular weight is 375 g/mol. The maximum absolute atomic E-state index is 14.4. The maximum Gasteiger partial charge on any atom is 0.391 e. The van der Waals surface area contributed by atoms with Crippen LogP contribution in [0.1, 0.15) is 32.6 Å². The van der Waals surface area contributed by atoms with E-state index in [4.69, 9.17) is 0 Å². The highest BCUT2D eigenvalue weighted by molar-refractivity contribution is 7.93. The molecule has 2 N–H and O–H groups in total. The van der Waals surface area contributed by atoms with Gasteiger partial charge in [0.2, 0.25) is 0 Å². The summed E-state index contributed by atoms with van der Waals surface area (Å²) in [5.74, 6) is -6.01. The lowest BCUT2D eigenvalue weighted by molar-refractivity contribution is -0.178. The minimum absolute atomic E-state index is 0.513. The van der Waals surface area contributed by atoms with Crippen LogP contribution in [0.3, 0.4) is 0 Å². The van der Waals surface area contributed by atoms with E-state index in [1.807, 2.05) is 0 Å². The quantitative estimate of drug-likeness (QED) is 0.663. The number of halogens is 7. The summed E-state index contributed by atoms with van der Waals surface area (Å²) < 4.78 is 111. The van der Waals surface area contributed by atoms with Crippen LogP contribution in [0.2, 0.25) is 0 Å². The number of amides is 1. The zero-order valence-corrected chi connectivity index (χ0v) is 12.8. The Kier molecular flexibility index (Phi) is 6.89. The summed E-state index contributed by atoms with van der Waals surface area (Å²) in [4.78, 5) is 11.0. The summed E-state index contributed by atoms with van der Waals surface area (Å²) in [6.45, 7) is 1.11. The molecule has 0 rings (SSSR count). The third kappa shape index (κ3) is 6.15. The van der Waals surface area contributed by atoms with Gasteiger partial charge in [-0.05, 0) is 12.8 Å². The highest BCUT2D eigenvalue weighted by Crippen LogP contribution is 2.37. The largest absolute Gasteiger partial charge is 0.391 e. The summed E-state index contributed by atoms with van der Waals surface area (Å²) in [5.41, 5.74) is 4.58. The smallest absolute Gasteiger partial charge is 0.366 e. The standard InChI is InChI=1S/C11H16F7NO3S/c1-2-7(11(16,17)18)3-4-9(12,8(19)20)23(21,22)6-5-10(13,14)15/h7H,2-6H2,1H3,(H2,19,20). The first kappa shape index (κ1) is 21.9. The van der Waals surface area contributed by atoms with Gasteiger partial charge >= 0.3 is 12.4 Å². The van der Waals surface area contributed by atoms with E-state index in [2.05, 4.69) is 5.73 Å². The molecule has 4 nitrogen and oxygen atoms in total. The summed E-state index contributed by atoms with van der Waals surface area (Å²) in [6, 6.07) is 0. The van der Waals surface area contributed by atoms with Crippen LogP contribution in [-0.2, 0) is 14.6 Å². The van der Waals surface area contributed by atoms with Crippen molar-refractivity contribution in [3.8, 4) is 0 Å². The van der Waals surface area contributed by atoms with Crippen molar-refractivity contribution < 1.29 is 43.9 Å². The Balaban J connectivity index is 5.31. The Morgan fingerprint density at radius 2 is 1.52 bits per heavy atom. The molecular formula is C11H16F7NO3S. The lowest BCUT2D eigenvalue weighted by Crippen LogP contribution is -2.48. The van der Waals surface area contributed by atoms with Crippen molar-refractivity contribution in [3.05, 3.63) is 0 Å². The molecule has 2 atom stereocenters. The fourth-order valence-corrected chi connectivity index (χ4v) is 3.36. The molecule has 0 saturated heterocycles. The predicted molar refractivity (Wildman–Crippen MR) is 66.6 cm³/mol. The van der Waals surface area contributed by atoms with Crippen LogP contribution in [0.4, 0.5) is 30.7 Å². The molecule has 1 amide bonds. The fraction of sp³-hybridized carbons (Fsp3) is 0.909. The van der Waals surface area contributed by atoms with E-state index in [1.54, 1.807) is 0 Å². The van der Waals surface area contributed by atoms with Gasteiger partial charge in [0, 0.05) is 6.42 Å². The number of sulfone groups is 1. The monoisotopic (exact) mass is 375 g/mol. The summed E-state index contributed by atoms with van der Waals surface area (Å²) in [5, 5.41) is -3.98. The molecule has 0 spiro atoms. The zero-order valence-electron chi connectivity index (χ0n) is 12.0. The van der Waals surface area contributed by atoms with Crippen LogP contribution in [0.25, 0.3) is 0 Å². The van der Waals surface area contributed by atoms with Crippen molar-refractivity contribution in [2.45, 2.75) is 50.0 Å².